The van der Waals surface area contributed by atoms with Gasteiger partial charge in [0.25, 0.3) is 0 Å². The van der Waals surface area contributed by atoms with Gasteiger partial charge in [0.1, 0.15) is 0 Å². The fourth-order valence-corrected chi connectivity index (χ4v) is 1.86. The van der Waals surface area contributed by atoms with Gasteiger partial charge in [-0.3, -0.25) is 0 Å². The highest BCUT2D eigenvalue weighted by molar-refractivity contribution is 9.10. The zero-order chi connectivity index (χ0) is 13.1. The highest BCUT2D eigenvalue weighted by atomic mass is 79.9. The Hall–Kier alpha value is -1.71. The summed E-state index contributed by atoms with van der Waals surface area (Å²) in [7, 11) is 0. The van der Waals surface area contributed by atoms with Crippen LogP contribution in [0.15, 0.2) is 28.9 Å². The summed E-state index contributed by atoms with van der Waals surface area (Å²) in [6.45, 7) is 0. The number of halogens is 3. The Kier molecular flexibility index (Phi) is 3.75. The summed E-state index contributed by atoms with van der Waals surface area (Å²) >= 11 is 8.86. The Balaban J connectivity index is 2.34. The molecular weight excluding hydrogens is 323 g/mol. The van der Waals surface area contributed by atoms with E-state index in [9.17, 15) is 4.39 Å². The van der Waals surface area contributed by atoms with Crippen molar-refractivity contribution in [2.45, 2.75) is 0 Å². The Bertz CT molecular complexity index is 641. The van der Waals surface area contributed by atoms with Crippen LogP contribution in [-0.4, -0.2) is 9.97 Å². The van der Waals surface area contributed by atoms with E-state index in [0.29, 0.717) is 15.7 Å². The molecule has 1 heterocycles. The van der Waals surface area contributed by atoms with Crippen LogP contribution in [0.1, 0.15) is 5.56 Å². The molecule has 0 atom stereocenters. The van der Waals surface area contributed by atoms with Crippen LogP contribution in [0, 0.1) is 17.1 Å². The van der Waals surface area contributed by atoms with E-state index in [2.05, 4.69) is 31.2 Å². The van der Waals surface area contributed by atoms with Gasteiger partial charge >= 0.3 is 0 Å². The molecule has 90 valence electrons. The van der Waals surface area contributed by atoms with Gasteiger partial charge in [-0.1, -0.05) is 0 Å². The first-order valence-electron chi connectivity index (χ1n) is 4.75. The average molecular weight is 328 g/mol. The summed E-state index contributed by atoms with van der Waals surface area (Å²) in [5, 5.41) is 11.4. The van der Waals surface area contributed by atoms with Crippen LogP contribution >= 0.6 is 27.5 Å². The van der Waals surface area contributed by atoms with E-state index in [0.717, 1.165) is 6.20 Å². The smallest absolute Gasteiger partial charge is 0.224 e. The molecule has 0 aliphatic carbocycles. The first kappa shape index (κ1) is 12.7. The molecule has 0 spiro atoms. The van der Waals surface area contributed by atoms with Gasteiger partial charge in [0, 0.05) is 4.47 Å². The summed E-state index contributed by atoms with van der Waals surface area (Å²) in [4.78, 5) is 7.25. The van der Waals surface area contributed by atoms with E-state index in [-0.39, 0.29) is 11.1 Å². The van der Waals surface area contributed by atoms with Gasteiger partial charge in [-0.15, -0.1) is 0 Å². The minimum atomic E-state index is -0.615. The van der Waals surface area contributed by atoms with Crippen molar-refractivity contribution >= 4 is 39.0 Å². The summed E-state index contributed by atoms with van der Waals surface area (Å²) in [6.07, 6.45) is 0.981. The van der Waals surface area contributed by atoms with E-state index in [1.807, 2.05) is 6.07 Å². The van der Waals surface area contributed by atoms with Crippen LogP contribution in [0.5, 0.6) is 0 Å². The molecule has 0 saturated carbocycles. The number of benzene rings is 1. The van der Waals surface area contributed by atoms with E-state index in [4.69, 9.17) is 16.9 Å². The molecule has 0 radical (unpaired) electrons. The van der Waals surface area contributed by atoms with E-state index >= 15 is 0 Å². The van der Waals surface area contributed by atoms with E-state index in [1.54, 1.807) is 18.2 Å². The lowest BCUT2D eigenvalue weighted by molar-refractivity contribution is 0.619. The standard InChI is InChI=1S/C11H5BrClFN4/c12-7-3-6(4-15)1-2-9(7)17-10-8(14)5-16-11(13)18-10/h1-3,5H,(H,16,17,18). The minimum Gasteiger partial charge on any atom is -0.337 e. The maximum absolute atomic E-state index is 13.4. The van der Waals surface area contributed by atoms with E-state index in [1.165, 1.54) is 0 Å². The van der Waals surface area contributed by atoms with Crippen molar-refractivity contribution in [1.82, 2.24) is 9.97 Å². The van der Waals surface area contributed by atoms with Crippen molar-refractivity contribution in [2.24, 2.45) is 0 Å². The van der Waals surface area contributed by atoms with Crippen molar-refractivity contribution in [3.05, 3.63) is 45.5 Å². The molecule has 2 rings (SSSR count). The molecule has 0 fully saturated rings. The van der Waals surface area contributed by atoms with Crippen LogP contribution in [0.3, 0.4) is 0 Å². The number of anilines is 2. The molecule has 0 aliphatic rings. The zero-order valence-corrected chi connectivity index (χ0v) is 11.1. The lowest BCUT2D eigenvalue weighted by atomic mass is 10.2. The van der Waals surface area contributed by atoms with Gasteiger partial charge < -0.3 is 5.32 Å². The van der Waals surface area contributed by atoms with Crippen molar-refractivity contribution < 1.29 is 4.39 Å². The van der Waals surface area contributed by atoms with Gasteiger partial charge in [0.05, 0.1) is 23.5 Å². The SMILES string of the molecule is N#Cc1ccc(Nc2nc(Cl)ncc2F)c(Br)c1. The van der Waals surface area contributed by atoms with Gasteiger partial charge in [0.2, 0.25) is 5.28 Å². The lowest BCUT2D eigenvalue weighted by Gasteiger charge is -2.08. The van der Waals surface area contributed by atoms with Gasteiger partial charge in [-0.05, 0) is 45.7 Å². The molecule has 1 aromatic heterocycles. The molecule has 1 N–H and O–H groups in total. The van der Waals surface area contributed by atoms with Crippen molar-refractivity contribution in [3.8, 4) is 6.07 Å². The molecule has 2 aromatic rings. The summed E-state index contributed by atoms with van der Waals surface area (Å²) in [5.41, 5.74) is 1.07. The fraction of sp³-hybridized carbons (Fsp3) is 0. The average Bonchev–Trinajstić information content (AvgIpc) is 2.36. The second kappa shape index (κ2) is 5.29. The third-order valence-electron chi connectivity index (χ3n) is 2.07. The maximum atomic E-state index is 13.4. The Morgan fingerprint density at radius 1 is 1.44 bits per heavy atom. The molecule has 1 aromatic carbocycles. The Labute approximate surface area is 116 Å². The first-order chi connectivity index (χ1) is 8.60. The second-order valence-corrected chi connectivity index (χ2v) is 4.46. The number of hydrogen-bond donors (Lipinski definition) is 1. The minimum absolute atomic E-state index is 0.0274. The molecule has 18 heavy (non-hydrogen) atoms. The molecular formula is C11H5BrClFN4. The van der Waals surface area contributed by atoms with Gasteiger partial charge in [-0.25, -0.2) is 9.37 Å². The molecule has 0 bridgehead atoms. The number of nitriles is 1. The third kappa shape index (κ3) is 2.75. The number of hydrogen-bond acceptors (Lipinski definition) is 4. The summed E-state index contributed by atoms with van der Waals surface area (Å²) in [5.74, 6) is -0.643. The molecule has 0 amide bonds. The highest BCUT2D eigenvalue weighted by Crippen LogP contribution is 2.27. The normalized spacial score (nSPS) is 9.89. The van der Waals surface area contributed by atoms with Crippen LogP contribution in [-0.2, 0) is 0 Å². The Morgan fingerprint density at radius 3 is 2.89 bits per heavy atom. The second-order valence-electron chi connectivity index (χ2n) is 3.27. The first-order valence-corrected chi connectivity index (χ1v) is 5.92. The number of nitrogens with zero attached hydrogens (tertiary/aromatic N) is 3. The lowest BCUT2D eigenvalue weighted by Crippen LogP contribution is -1.99. The Morgan fingerprint density at radius 2 is 2.22 bits per heavy atom. The maximum Gasteiger partial charge on any atom is 0.224 e. The van der Waals surface area contributed by atoms with Crippen molar-refractivity contribution in [1.29, 1.82) is 5.26 Å². The van der Waals surface area contributed by atoms with Crippen LogP contribution in [0.2, 0.25) is 5.28 Å². The summed E-state index contributed by atoms with van der Waals surface area (Å²) in [6, 6.07) is 6.86. The van der Waals surface area contributed by atoms with Crippen molar-refractivity contribution in [2.75, 3.05) is 5.32 Å². The fourth-order valence-electron chi connectivity index (χ4n) is 1.25. The zero-order valence-electron chi connectivity index (χ0n) is 8.78. The molecule has 0 saturated heterocycles. The molecule has 0 unspecified atom stereocenters. The van der Waals surface area contributed by atoms with E-state index < -0.39 is 5.82 Å². The monoisotopic (exact) mass is 326 g/mol. The predicted molar refractivity (Wildman–Crippen MR) is 69.1 cm³/mol. The van der Waals surface area contributed by atoms with Crippen LogP contribution < -0.4 is 5.32 Å². The van der Waals surface area contributed by atoms with Crippen LogP contribution in [0.4, 0.5) is 15.9 Å². The number of rotatable bonds is 2. The summed E-state index contributed by atoms with van der Waals surface area (Å²) < 4.78 is 14.0. The van der Waals surface area contributed by atoms with Gasteiger partial charge in [0.15, 0.2) is 11.6 Å². The molecule has 0 aliphatic heterocycles. The largest absolute Gasteiger partial charge is 0.337 e. The molecule has 4 nitrogen and oxygen atoms in total. The van der Waals surface area contributed by atoms with Crippen LogP contribution in [0.25, 0.3) is 0 Å². The number of aromatic nitrogens is 2. The highest BCUT2D eigenvalue weighted by Gasteiger charge is 2.08. The predicted octanol–water partition coefficient (Wildman–Crippen LogP) is 3.65. The third-order valence-corrected chi connectivity index (χ3v) is 2.90. The molecule has 7 heteroatoms. The quantitative estimate of drug-likeness (QED) is 0.855. The van der Waals surface area contributed by atoms with Gasteiger partial charge in [-0.2, -0.15) is 10.2 Å². The number of nitrogens with one attached hydrogen (secondary N) is 1. The van der Waals surface area contributed by atoms with Crippen molar-refractivity contribution in [3.63, 3.8) is 0 Å². The topological polar surface area (TPSA) is 61.6 Å².